The Bertz CT molecular complexity index is 1400. The number of benzene rings is 2. The van der Waals surface area contributed by atoms with Gasteiger partial charge in [0.05, 0.1) is 30.3 Å². The Morgan fingerprint density at radius 2 is 1.89 bits per heavy atom. The van der Waals surface area contributed by atoms with Gasteiger partial charge in [-0.2, -0.15) is 9.40 Å². The van der Waals surface area contributed by atoms with E-state index in [1.165, 1.54) is 28.0 Å². The van der Waals surface area contributed by atoms with Crippen molar-refractivity contribution < 1.29 is 19.4 Å². The average Bonchev–Trinajstić information content (AvgIpc) is 3.49. The lowest BCUT2D eigenvalue weighted by Gasteiger charge is -2.26. The lowest BCUT2D eigenvalue weighted by atomic mass is 9.98. The third kappa shape index (κ3) is 4.28. The summed E-state index contributed by atoms with van der Waals surface area (Å²) >= 11 is 0. The van der Waals surface area contributed by atoms with Gasteiger partial charge in [-0.05, 0) is 66.1 Å². The normalized spacial score (nSPS) is 21.7. The summed E-state index contributed by atoms with van der Waals surface area (Å²) in [6.45, 7) is 3.83. The highest BCUT2D eigenvalue weighted by atomic mass is 32.2. The van der Waals surface area contributed by atoms with E-state index in [4.69, 9.17) is 9.84 Å². The van der Waals surface area contributed by atoms with Crippen molar-refractivity contribution in [1.29, 1.82) is 0 Å². The topological polar surface area (TPSA) is 93.5 Å². The number of rotatable bonds is 4. The molecule has 1 N–H and O–H groups in total. The number of anilines is 1. The summed E-state index contributed by atoms with van der Waals surface area (Å²) in [7, 11) is -3.52. The first-order chi connectivity index (χ1) is 16.9. The first kappa shape index (κ1) is 22.5. The molecule has 2 aliphatic heterocycles. The molecule has 2 aromatic carbocycles. The summed E-state index contributed by atoms with van der Waals surface area (Å²) in [4.78, 5) is 11.8. The lowest BCUT2D eigenvalue weighted by molar-refractivity contribution is -0.114. The molecule has 3 aliphatic rings. The number of nitrogens with one attached hydrogen (secondary N) is 1. The van der Waals surface area contributed by atoms with Crippen molar-refractivity contribution in [2.45, 2.75) is 37.1 Å². The molecule has 2 atom stereocenters. The standard InChI is InChI=1S/C26H28N4O4S.H2/c1-17(31)27-21-5-2-19-16-30-22(12-20-13-24(20)25(19)14-21)15-26(28-30)18-3-6-23(7-4-18)35(32,33)29-8-10-34-11-9-29;/h2-7,14-15,20,24H,8-13,16H2,1H3,(H,27,31);1H. The van der Waals surface area contributed by atoms with E-state index in [2.05, 4.69) is 28.2 Å². The molecule has 1 aromatic heterocycles. The van der Waals surface area contributed by atoms with Crippen molar-refractivity contribution >= 4 is 21.6 Å². The number of aromatic nitrogens is 2. The van der Waals surface area contributed by atoms with E-state index in [0.717, 1.165) is 29.8 Å². The molecule has 8 nitrogen and oxygen atoms in total. The number of nitrogens with zero attached hydrogens (tertiary/aromatic N) is 3. The summed E-state index contributed by atoms with van der Waals surface area (Å²) in [5, 5.41) is 7.79. The van der Waals surface area contributed by atoms with Crippen molar-refractivity contribution in [2.24, 2.45) is 5.92 Å². The van der Waals surface area contributed by atoms with Crippen LogP contribution in [0.15, 0.2) is 53.4 Å². The molecule has 0 spiro atoms. The fraction of sp³-hybridized carbons (Fsp3) is 0.385. The molecule has 2 fully saturated rings. The predicted molar refractivity (Wildman–Crippen MR) is 134 cm³/mol. The molecule has 0 bridgehead atoms. The first-order valence-electron chi connectivity index (χ1n) is 12.0. The van der Waals surface area contributed by atoms with Crippen LogP contribution in [0.2, 0.25) is 0 Å². The number of fused-ring (bicyclic) bond motifs is 4. The van der Waals surface area contributed by atoms with Crippen molar-refractivity contribution in [3.05, 3.63) is 65.4 Å². The molecule has 1 saturated heterocycles. The summed E-state index contributed by atoms with van der Waals surface area (Å²) in [6.07, 6.45) is 2.11. The van der Waals surface area contributed by atoms with Gasteiger partial charge in [-0.25, -0.2) is 8.42 Å². The van der Waals surface area contributed by atoms with Gasteiger partial charge in [-0.15, -0.1) is 0 Å². The SMILES string of the molecule is CC(=O)Nc1ccc2c(c1)C1CC1Cc1cc(-c3ccc(S(=O)(=O)N4CCOCC4)cc3)nn1C2.[HH]. The Morgan fingerprint density at radius 1 is 1.11 bits per heavy atom. The summed E-state index contributed by atoms with van der Waals surface area (Å²) in [5.74, 6) is 1.03. The number of sulfonamides is 1. The average molecular weight is 495 g/mol. The van der Waals surface area contributed by atoms with Gasteiger partial charge >= 0.3 is 0 Å². The minimum absolute atomic E-state index is 0. The summed E-state index contributed by atoms with van der Waals surface area (Å²) < 4.78 is 34.7. The third-order valence-corrected chi connectivity index (χ3v) is 9.11. The summed E-state index contributed by atoms with van der Waals surface area (Å²) in [5.41, 5.74) is 6.34. The quantitative estimate of drug-likeness (QED) is 0.599. The fourth-order valence-corrected chi connectivity index (χ4v) is 6.69. The van der Waals surface area contributed by atoms with Gasteiger partial charge in [0, 0.05) is 38.4 Å². The second kappa shape index (κ2) is 8.58. The molecular formula is C26H30N4O4S. The molecule has 3 heterocycles. The van der Waals surface area contributed by atoms with Gasteiger partial charge in [0.1, 0.15) is 0 Å². The Balaban J connectivity index is 0.00000267. The molecule has 9 heteroatoms. The molecular weight excluding hydrogens is 464 g/mol. The number of carbonyl (C=O) groups is 1. The van der Waals surface area contributed by atoms with Gasteiger partial charge in [0.15, 0.2) is 0 Å². The van der Waals surface area contributed by atoms with Crippen molar-refractivity contribution in [1.82, 2.24) is 14.1 Å². The highest BCUT2D eigenvalue weighted by Gasteiger charge is 2.41. The molecule has 184 valence electrons. The van der Waals surface area contributed by atoms with Gasteiger partial charge in [0.25, 0.3) is 0 Å². The molecule has 1 aliphatic carbocycles. The molecule has 6 rings (SSSR count). The van der Waals surface area contributed by atoms with Crippen LogP contribution in [0.25, 0.3) is 11.3 Å². The van der Waals surface area contributed by atoms with Gasteiger partial charge < -0.3 is 10.1 Å². The van der Waals surface area contributed by atoms with E-state index in [9.17, 15) is 13.2 Å². The maximum atomic E-state index is 12.9. The van der Waals surface area contributed by atoms with Crippen LogP contribution >= 0.6 is 0 Å². The van der Waals surface area contributed by atoms with Crippen LogP contribution in [0.5, 0.6) is 0 Å². The third-order valence-electron chi connectivity index (χ3n) is 7.20. The second-order valence-corrected chi connectivity index (χ2v) is 11.6. The van der Waals surface area contributed by atoms with Gasteiger partial charge in [-0.3, -0.25) is 9.48 Å². The van der Waals surface area contributed by atoms with E-state index < -0.39 is 10.0 Å². The highest BCUT2D eigenvalue weighted by Crippen LogP contribution is 2.52. The number of carbonyl (C=O) groups excluding carboxylic acids is 1. The first-order valence-corrected chi connectivity index (χ1v) is 13.5. The van der Waals surface area contributed by atoms with E-state index in [-0.39, 0.29) is 7.33 Å². The monoisotopic (exact) mass is 494 g/mol. The smallest absolute Gasteiger partial charge is 0.243 e. The van der Waals surface area contributed by atoms with Crippen LogP contribution in [0.1, 0.15) is 37.5 Å². The van der Waals surface area contributed by atoms with Gasteiger partial charge in [0.2, 0.25) is 15.9 Å². The maximum Gasteiger partial charge on any atom is 0.243 e. The van der Waals surface area contributed by atoms with Crippen molar-refractivity contribution in [3.63, 3.8) is 0 Å². The van der Waals surface area contributed by atoms with Gasteiger partial charge in [-0.1, -0.05) is 18.2 Å². The highest BCUT2D eigenvalue weighted by molar-refractivity contribution is 7.89. The molecule has 1 saturated carbocycles. The van der Waals surface area contributed by atoms with Crippen LogP contribution in [-0.2, 0) is 32.5 Å². The minimum atomic E-state index is -3.52. The number of hydrogen-bond donors (Lipinski definition) is 1. The zero-order chi connectivity index (χ0) is 24.2. The van der Waals surface area contributed by atoms with Crippen LogP contribution < -0.4 is 5.32 Å². The minimum Gasteiger partial charge on any atom is -0.379 e. The Hall–Kier alpha value is -3.01. The van der Waals surface area contributed by atoms with Crippen LogP contribution in [0, 0.1) is 5.92 Å². The largest absolute Gasteiger partial charge is 0.379 e. The maximum absolute atomic E-state index is 12.9. The molecule has 1 amide bonds. The van der Waals surface area contributed by atoms with Crippen molar-refractivity contribution in [2.75, 3.05) is 31.6 Å². The zero-order valence-electron chi connectivity index (χ0n) is 19.6. The molecule has 3 aromatic rings. The number of ether oxygens (including phenoxy) is 1. The zero-order valence-corrected chi connectivity index (χ0v) is 20.4. The van der Waals surface area contributed by atoms with Crippen LogP contribution in [-0.4, -0.2) is 54.7 Å². The molecule has 0 radical (unpaired) electrons. The van der Waals surface area contributed by atoms with E-state index in [1.807, 2.05) is 18.2 Å². The Morgan fingerprint density at radius 3 is 2.63 bits per heavy atom. The second-order valence-electron chi connectivity index (χ2n) is 9.62. The number of morpholine rings is 1. The lowest BCUT2D eigenvalue weighted by Crippen LogP contribution is -2.40. The van der Waals surface area contributed by atoms with Crippen molar-refractivity contribution in [3.8, 4) is 11.3 Å². The fourth-order valence-electron chi connectivity index (χ4n) is 5.28. The Kier molecular flexibility index (Phi) is 5.51. The van der Waals surface area contributed by atoms with Crippen LogP contribution in [0.3, 0.4) is 0 Å². The molecule has 35 heavy (non-hydrogen) atoms. The Labute approximate surface area is 206 Å². The van der Waals surface area contributed by atoms with E-state index in [0.29, 0.717) is 49.6 Å². The van der Waals surface area contributed by atoms with E-state index >= 15 is 0 Å². The molecule has 2 unspecified atom stereocenters. The predicted octanol–water partition coefficient (Wildman–Crippen LogP) is 3.48. The van der Waals surface area contributed by atoms with Crippen LogP contribution in [0.4, 0.5) is 5.69 Å². The summed E-state index contributed by atoms with van der Waals surface area (Å²) in [6, 6.07) is 15.3. The number of amides is 1. The number of hydrogen-bond acceptors (Lipinski definition) is 5. The van der Waals surface area contributed by atoms with E-state index in [1.54, 1.807) is 12.1 Å².